The number of nitrogens with zero attached hydrogens (tertiary/aromatic N) is 4. The molecule has 2 aromatic carbocycles. The zero-order valence-electron chi connectivity index (χ0n) is 16.7. The Morgan fingerprint density at radius 3 is 2.76 bits per heavy atom. The highest BCUT2D eigenvalue weighted by Crippen LogP contribution is 2.31. The number of nitrogens with one attached hydrogen (secondary N) is 1. The van der Waals surface area contributed by atoms with Crippen LogP contribution in [-0.4, -0.2) is 32.3 Å². The topological polar surface area (TPSA) is 74.0 Å². The van der Waals surface area contributed by atoms with Gasteiger partial charge in [-0.3, -0.25) is 4.79 Å². The zero-order valence-corrected chi connectivity index (χ0v) is 16.7. The number of fused-ring (bicyclic) bond motifs is 1. The minimum atomic E-state index is -0.164. The normalized spacial score (nSPS) is 11.0. The summed E-state index contributed by atoms with van der Waals surface area (Å²) in [5, 5.41) is 8.12. The van der Waals surface area contributed by atoms with Crippen LogP contribution in [0.3, 0.4) is 0 Å². The number of rotatable bonds is 6. The van der Waals surface area contributed by atoms with E-state index < -0.39 is 0 Å². The average molecular weight is 389 g/mol. The van der Waals surface area contributed by atoms with E-state index >= 15 is 0 Å². The molecular formula is C22H23N5O2. The molecule has 0 bridgehead atoms. The van der Waals surface area contributed by atoms with E-state index in [0.717, 1.165) is 41.0 Å². The van der Waals surface area contributed by atoms with E-state index in [2.05, 4.69) is 26.9 Å². The fourth-order valence-electron chi connectivity index (χ4n) is 3.68. The van der Waals surface area contributed by atoms with Gasteiger partial charge in [0.25, 0.3) is 5.91 Å². The Morgan fingerprint density at radius 2 is 2.03 bits per heavy atom. The molecule has 0 fully saturated rings. The molecule has 7 nitrogen and oxygen atoms in total. The molecule has 148 valence electrons. The molecule has 0 radical (unpaired) electrons. The number of para-hydroxylation sites is 2. The Balaban J connectivity index is 1.79. The van der Waals surface area contributed by atoms with Crippen molar-refractivity contribution >= 4 is 22.5 Å². The number of hydrogen-bond donors (Lipinski definition) is 1. The van der Waals surface area contributed by atoms with Crippen LogP contribution >= 0.6 is 0 Å². The summed E-state index contributed by atoms with van der Waals surface area (Å²) in [6.07, 6.45) is 4.05. The number of carbonyl (C=O) groups excluding carboxylic acids is 1. The number of aryl methyl sites for hydroxylation is 1. The monoisotopic (exact) mass is 389 g/mol. The number of ether oxygens (including phenoxy) is 1. The van der Waals surface area contributed by atoms with Crippen LogP contribution in [0.5, 0.6) is 5.75 Å². The Morgan fingerprint density at radius 1 is 1.21 bits per heavy atom. The molecule has 1 N–H and O–H groups in total. The van der Waals surface area contributed by atoms with Crippen molar-refractivity contribution in [3.05, 3.63) is 66.4 Å². The predicted octanol–water partition coefficient (Wildman–Crippen LogP) is 4.20. The van der Waals surface area contributed by atoms with E-state index in [4.69, 9.17) is 4.74 Å². The van der Waals surface area contributed by atoms with Crippen molar-refractivity contribution in [3.8, 4) is 11.4 Å². The van der Waals surface area contributed by atoms with E-state index in [9.17, 15) is 4.79 Å². The van der Waals surface area contributed by atoms with E-state index in [1.807, 2.05) is 49.4 Å². The third-order valence-electron chi connectivity index (χ3n) is 5.02. The molecule has 0 aliphatic heterocycles. The molecule has 0 saturated carbocycles. The lowest BCUT2D eigenvalue weighted by atomic mass is 10.1. The first-order valence-electron chi connectivity index (χ1n) is 9.56. The van der Waals surface area contributed by atoms with Crippen molar-refractivity contribution in [3.63, 3.8) is 0 Å². The number of benzene rings is 2. The van der Waals surface area contributed by atoms with E-state index in [1.54, 1.807) is 18.1 Å². The van der Waals surface area contributed by atoms with Gasteiger partial charge in [0, 0.05) is 23.1 Å². The molecule has 0 saturated heterocycles. The van der Waals surface area contributed by atoms with Gasteiger partial charge in [0.15, 0.2) is 0 Å². The Kier molecular flexibility index (Phi) is 5.03. The lowest BCUT2D eigenvalue weighted by Gasteiger charge is -2.11. The summed E-state index contributed by atoms with van der Waals surface area (Å²) in [4.78, 5) is 17.4. The first-order chi connectivity index (χ1) is 14.1. The number of amides is 1. The molecule has 0 aliphatic carbocycles. The highest BCUT2D eigenvalue weighted by atomic mass is 16.5. The third kappa shape index (κ3) is 3.35. The van der Waals surface area contributed by atoms with Gasteiger partial charge in [-0.25, -0.2) is 9.67 Å². The average Bonchev–Trinajstić information content (AvgIpc) is 3.35. The van der Waals surface area contributed by atoms with Gasteiger partial charge in [0.1, 0.15) is 18.4 Å². The van der Waals surface area contributed by atoms with Gasteiger partial charge in [0.05, 0.1) is 24.0 Å². The smallest absolute Gasteiger partial charge is 0.258 e. The molecule has 4 aromatic rings. The summed E-state index contributed by atoms with van der Waals surface area (Å²) in [6, 6.07) is 13.4. The molecule has 0 unspecified atom stereocenters. The number of hydrogen-bond acceptors (Lipinski definition) is 4. The molecule has 1 amide bonds. The zero-order chi connectivity index (χ0) is 20.4. The van der Waals surface area contributed by atoms with E-state index in [1.165, 1.54) is 6.33 Å². The van der Waals surface area contributed by atoms with Crippen molar-refractivity contribution in [1.29, 1.82) is 0 Å². The van der Waals surface area contributed by atoms with Crippen molar-refractivity contribution in [2.45, 2.75) is 26.8 Å². The minimum Gasteiger partial charge on any atom is -0.497 e. The maximum atomic E-state index is 13.4. The maximum absolute atomic E-state index is 13.4. The second-order valence-corrected chi connectivity index (χ2v) is 6.81. The molecule has 0 spiro atoms. The number of methoxy groups -OCH3 is 1. The van der Waals surface area contributed by atoms with Crippen LogP contribution in [0.1, 0.15) is 29.4 Å². The SMILES string of the molecule is CCCn1c(C)c(C(=O)Nc2ccccc2-n2cncn2)c2cc(OC)ccc21. The van der Waals surface area contributed by atoms with Crippen LogP contribution in [0, 0.1) is 6.92 Å². The van der Waals surface area contributed by atoms with E-state index in [0.29, 0.717) is 11.3 Å². The third-order valence-corrected chi connectivity index (χ3v) is 5.02. The van der Waals surface area contributed by atoms with Gasteiger partial charge in [-0.05, 0) is 43.7 Å². The summed E-state index contributed by atoms with van der Waals surface area (Å²) in [6.45, 7) is 4.96. The summed E-state index contributed by atoms with van der Waals surface area (Å²) < 4.78 is 9.21. The molecule has 0 atom stereocenters. The quantitative estimate of drug-likeness (QED) is 0.536. The van der Waals surface area contributed by atoms with Crippen molar-refractivity contribution < 1.29 is 9.53 Å². The van der Waals surface area contributed by atoms with Crippen LogP contribution in [0.15, 0.2) is 55.1 Å². The van der Waals surface area contributed by atoms with Crippen molar-refractivity contribution in [2.75, 3.05) is 12.4 Å². The fourth-order valence-corrected chi connectivity index (χ4v) is 3.68. The number of aromatic nitrogens is 4. The van der Waals surface area contributed by atoms with Crippen molar-refractivity contribution in [1.82, 2.24) is 19.3 Å². The molecule has 4 rings (SSSR count). The lowest BCUT2D eigenvalue weighted by molar-refractivity contribution is 0.102. The highest BCUT2D eigenvalue weighted by molar-refractivity contribution is 6.14. The first kappa shape index (κ1) is 18.7. The van der Waals surface area contributed by atoms with Gasteiger partial charge in [-0.1, -0.05) is 19.1 Å². The van der Waals surface area contributed by atoms with Gasteiger partial charge in [-0.2, -0.15) is 5.10 Å². The minimum absolute atomic E-state index is 0.164. The second kappa shape index (κ2) is 7.79. The van der Waals surface area contributed by atoms with Crippen LogP contribution < -0.4 is 10.1 Å². The largest absolute Gasteiger partial charge is 0.497 e. The number of carbonyl (C=O) groups is 1. The van der Waals surface area contributed by atoms with Crippen LogP contribution in [0.2, 0.25) is 0 Å². The molecule has 2 aromatic heterocycles. The van der Waals surface area contributed by atoms with Gasteiger partial charge < -0.3 is 14.6 Å². The second-order valence-electron chi connectivity index (χ2n) is 6.81. The van der Waals surface area contributed by atoms with Crippen molar-refractivity contribution in [2.24, 2.45) is 0 Å². The molecule has 29 heavy (non-hydrogen) atoms. The standard InChI is InChI=1S/C22H23N5O2/c1-4-11-26-15(2)21(17-12-16(29-3)9-10-19(17)26)22(28)25-18-7-5-6-8-20(18)27-14-23-13-24-27/h5-10,12-14H,4,11H2,1-3H3,(H,25,28). The Labute approximate surface area is 168 Å². The van der Waals surface area contributed by atoms with Crippen LogP contribution in [-0.2, 0) is 6.54 Å². The molecular weight excluding hydrogens is 366 g/mol. The number of anilines is 1. The van der Waals surface area contributed by atoms with Gasteiger partial charge >= 0.3 is 0 Å². The Hall–Kier alpha value is -3.61. The highest BCUT2D eigenvalue weighted by Gasteiger charge is 2.21. The van der Waals surface area contributed by atoms with Crippen LogP contribution in [0.25, 0.3) is 16.6 Å². The van der Waals surface area contributed by atoms with Gasteiger partial charge in [0.2, 0.25) is 0 Å². The predicted molar refractivity (Wildman–Crippen MR) is 113 cm³/mol. The van der Waals surface area contributed by atoms with E-state index in [-0.39, 0.29) is 5.91 Å². The van der Waals surface area contributed by atoms with Gasteiger partial charge in [-0.15, -0.1) is 0 Å². The first-order valence-corrected chi connectivity index (χ1v) is 9.56. The fraction of sp³-hybridized carbons (Fsp3) is 0.227. The summed E-state index contributed by atoms with van der Waals surface area (Å²) >= 11 is 0. The van der Waals surface area contributed by atoms with Crippen LogP contribution in [0.4, 0.5) is 5.69 Å². The molecule has 0 aliphatic rings. The summed E-state index contributed by atoms with van der Waals surface area (Å²) in [5.74, 6) is 0.561. The lowest BCUT2D eigenvalue weighted by Crippen LogP contribution is -2.15. The summed E-state index contributed by atoms with van der Waals surface area (Å²) in [5.41, 5.74) is 4.04. The summed E-state index contributed by atoms with van der Waals surface area (Å²) in [7, 11) is 1.63. The maximum Gasteiger partial charge on any atom is 0.258 e. The Bertz CT molecular complexity index is 1160. The molecule has 2 heterocycles. The molecule has 7 heteroatoms.